The first-order valence-electron chi connectivity index (χ1n) is 10.2. The number of rotatable bonds is 10. The molecule has 3 heterocycles. The Morgan fingerprint density at radius 2 is 1.84 bits per heavy atom. The van der Waals surface area contributed by atoms with Crippen molar-refractivity contribution >= 4 is 17.7 Å². The largest absolute Gasteiger partial charge is 0.468 e. The average Bonchev–Trinajstić information content (AvgIpc) is 3.55. The fourth-order valence-corrected chi connectivity index (χ4v) is 4.07. The molecule has 9 heteroatoms. The van der Waals surface area contributed by atoms with E-state index in [9.17, 15) is 4.79 Å². The van der Waals surface area contributed by atoms with Crippen molar-refractivity contribution in [3.63, 3.8) is 0 Å². The van der Waals surface area contributed by atoms with Gasteiger partial charge in [-0.2, -0.15) is 0 Å². The molecule has 1 atom stereocenters. The number of nitrogens with one attached hydrogen (secondary N) is 1. The zero-order valence-corrected chi connectivity index (χ0v) is 18.8. The summed E-state index contributed by atoms with van der Waals surface area (Å²) in [6.07, 6.45) is 3.25. The van der Waals surface area contributed by atoms with E-state index in [1.54, 1.807) is 12.5 Å². The number of nitrogens with zero attached hydrogens (tertiary/aromatic N) is 4. The zero-order valence-electron chi connectivity index (χ0n) is 18.0. The van der Waals surface area contributed by atoms with Crippen molar-refractivity contribution in [3.8, 4) is 11.6 Å². The number of hydrogen-bond acceptors (Lipinski definition) is 7. The quantitative estimate of drug-likeness (QED) is 0.368. The molecule has 0 aliphatic carbocycles. The van der Waals surface area contributed by atoms with Gasteiger partial charge in [0, 0.05) is 6.54 Å². The predicted octanol–water partition coefficient (Wildman–Crippen LogP) is 3.69. The smallest absolute Gasteiger partial charge is 0.230 e. The Morgan fingerprint density at radius 3 is 2.53 bits per heavy atom. The van der Waals surface area contributed by atoms with E-state index in [-0.39, 0.29) is 17.7 Å². The van der Waals surface area contributed by atoms with E-state index < -0.39 is 0 Å². The van der Waals surface area contributed by atoms with Crippen LogP contribution in [0.2, 0.25) is 0 Å². The molecule has 4 aromatic rings. The highest BCUT2D eigenvalue weighted by molar-refractivity contribution is 7.99. The number of amides is 1. The predicted molar refractivity (Wildman–Crippen MR) is 122 cm³/mol. The molecule has 32 heavy (non-hydrogen) atoms. The van der Waals surface area contributed by atoms with Crippen molar-refractivity contribution < 1.29 is 13.6 Å². The van der Waals surface area contributed by atoms with Crippen molar-refractivity contribution in [1.82, 2.24) is 25.0 Å². The minimum absolute atomic E-state index is 0.0359. The molecule has 1 unspecified atom stereocenters. The number of hydrogen-bond donors (Lipinski definition) is 1. The summed E-state index contributed by atoms with van der Waals surface area (Å²) in [5.74, 6) is 2.23. The number of furan rings is 2. The SMILES string of the molecule is CN(C)C(CNC(=O)CSc1nnc(-c2ccco2)n1Cc1ccccc1)c1ccco1. The highest BCUT2D eigenvalue weighted by Crippen LogP contribution is 2.25. The van der Waals surface area contributed by atoms with Crippen LogP contribution in [0, 0.1) is 0 Å². The lowest BCUT2D eigenvalue weighted by Gasteiger charge is -2.22. The van der Waals surface area contributed by atoms with E-state index >= 15 is 0 Å². The van der Waals surface area contributed by atoms with Crippen molar-refractivity contribution in [2.75, 3.05) is 26.4 Å². The van der Waals surface area contributed by atoms with Crippen LogP contribution in [0.3, 0.4) is 0 Å². The van der Waals surface area contributed by atoms with Gasteiger partial charge in [-0.15, -0.1) is 10.2 Å². The molecule has 3 aromatic heterocycles. The van der Waals surface area contributed by atoms with E-state index in [1.807, 2.05) is 78.2 Å². The highest BCUT2D eigenvalue weighted by atomic mass is 32.2. The van der Waals surface area contributed by atoms with Crippen LogP contribution in [0.5, 0.6) is 0 Å². The van der Waals surface area contributed by atoms with Gasteiger partial charge in [0.1, 0.15) is 5.76 Å². The van der Waals surface area contributed by atoms with Crippen molar-refractivity contribution in [1.29, 1.82) is 0 Å². The third kappa shape index (κ3) is 5.30. The van der Waals surface area contributed by atoms with Gasteiger partial charge in [0.2, 0.25) is 11.7 Å². The Hall–Kier alpha value is -3.30. The van der Waals surface area contributed by atoms with Gasteiger partial charge in [0.15, 0.2) is 10.9 Å². The van der Waals surface area contributed by atoms with Gasteiger partial charge in [-0.1, -0.05) is 42.1 Å². The summed E-state index contributed by atoms with van der Waals surface area (Å²) in [5, 5.41) is 12.3. The molecule has 0 fully saturated rings. The van der Waals surface area contributed by atoms with Crippen LogP contribution >= 0.6 is 11.8 Å². The van der Waals surface area contributed by atoms with Crippen molar-refractivity contribution in [2.45, 2.75) is 17.7 Å². The van der Waals surface area contributed by atoms with Crippen molar-refractivity contribution in [2.24, 2.45) is 0 Å². The van der Waals surface area contributed by atoms with Crippen LogP contribution < -0.4 is 5.32 Å². The van der Waals surface area contributed by atoms with Crippen LogP contribution in [0.25, 0.3) is 11.6 Å². The summed E-state index contributed by atoms with van der Waals surface area (Å²) < 4.78 is 13.0. The van der Waals surface area contributed by atoms with E-state index in [2.05, 4.69) is 15.5 Å². The highest BCUT2D eigenvalue weighted by Gasteiger charge is 2.20. The molecule has 1 N–H and O–H groups in total. The van der Waals surface area contributed by atoms with Gasteiger partial charge in [-0.05, 0) is 43.9 Å². The normalized spacial score (nSPS) is 12.2. The molecule has 0 aliphatic rings. The van der Waals surface area contributed by atoms with E-state index in [0.717, 1.165) is 11.3 Å². The lowest BCUT2D eigenvalue weighted by Crippen LogP contribution is -2.35. The van der Waals surface area contributed by atoms with Gasteiger partial charge in [0.05, 0.1) is 30.9 Å². The third-order valence-electron chi connectivity index (χ3n) is 4.96. The zero-order chi connectivity index (χ0) is 22.3. The van der Waals surface area contributed by atoms with Crippen LogP contribution in [0.15, 0.2) is 81.1 Å². The van der Waals surface area contributed by atoms with Crippen LogP contribution in [0.1, 0.15) is 17.4 Å². The summed E-state index contributed by atoms with van der Waals surface area (Å²) in [7, 11) is 3.91. The molecule has 0 saturated carbocycles. The lowest BCUT2D eigenvalue weighted by atomic mass is 10.2. The first kappa shape index (κ1) is 21.9. The fourth-order valence-electron chi connectivity index (χ4n) is 3.30. The summed E-state index contributed by atoms with van der Waals surface area (Å²) >= 11 is 1.35. The maximum Gasteiger partial charge on any atom is 0.230 e. The van der Waals surface area contributed by atoms with Gasteiger partial charge < -0.3 is 14.2 Å². The molecule has 1 aromatic carbocycles. The Balaban J connectivity index is 1.43. The van der Waals surface area contributed by atoms with Crippen LogP contribution in [-0.4, -0.2) is 52.0 Å². The molecule has 166 valence electrons. The third-order valence-corrected chi connectivity index (χ3v) is 5.93. The molecule has 0 radical (unpaired) electrons. The molecule has 8 nitrogen and oxygen atoms in total. The Bertz CT molecular complexity index is 1110. The minimum Gasteiger partial charge on any atom is -0.468 e. The summed E-state index contributed by atoms with van der Waals surface area (Å²) in [5.41, 5.74) is 1.11. The maximum absolute atomic E-state index is 12.6. The minimum atomic E-state index is -0.0813. The second kappa shape index (κ2) is 10.3. The number of likely N-dealkylation sites (N-methyl/N-ethyl adjacent to an activating group) is 1. The second-order valence-corrected chi connectivity index (χ2v) is 8.39. The lowest BCUT2D eigenvalue weighted by molar-refractivity contribution is -0.118. The topological polar surface area (TPSA) is 89.3 Å². The number of aromatic nitrogens is 3. The first-order chi connectivity index (χ1) is 15.6. The van der Waals surface area contributed by atoms with Crippen molar-refractivity contribution in [3.05, 3.63) is 78.4 Å². The Labute approximate surface area is 190 Å². The molecule has 0 saturated heterocycles. The number of thioether (sulfide) groups is 1. The van der Waals surface area contributed by atoms with Gasteiger partial charge in [-0.25, -0.2) is 0 Å². The molecule has 0 spiro atoms. The van der Waals surface area contributed by atoms with Gasteiger partial charge in [-0.3, -0.25) is 14.3 Å². The first-order valence-corrected chi connectivity index (χ1v) is 11.2. The standard InChI is InChI=1S/C23H25N5O3S/c1-27(2)18(19-10-6-12-30-19)14-24-21(29)16-32-23-26-25-22(20-11-7-13-31-20)28(23)15-17-8-4-3-5-9-17/h3-13,18H,14-16H2,1-2H3,(H,24,29). The maximum atomic E-state index is 12.6. The average molecular weight is 452 g/mol. The summed E-state index contributed by atoms with van der Waals surface area (Å²) in [6, 6.07) is 17.4. The van der Waals surface area contributed by atoms with E-state index in [1.165, 1.54) is 11.8 Å². The van der Waals surface area contributed by atoms with Crippen LogP contribution in [0.4, 0.5) is 0 Å². The number of benzene rings is 1. The number of carbonyl (C=O) groups excluding carboxylic acids is 1. The second-order valence-electron chi connectivity index (χ2n) is 7.44. The van der Waals surface area contributed by atoms with Gasteiger partial charge in [0.25, 0.3) is 0 Å². The van der Waals surface area contributed by atoms with Crippen LogP contribution in [-0.2, 0) is 11.3 Å². The van der Waals surface area contributed by atoms with E-state index in [0.29, 0.717) is 29.8 Å². The molecule has 0 aliphatic heterocycles. The molecule has 0 bridgehead atoms. The number of carbonyl (C=O) groups is 1. The molecular formula is C23H25N5O3S. The van der Waals surface area contributed by atoms with Gasteiger partial charge >= 0.3 is 0 Å². The summed E-state index contributed by atoms with van der Waals surface area (Å²) in [6.45, 7) is 1.03. The Kier molecular flexibility index (Phi) is 7.08. The molecule has 1 amide bonds. The molecular weight excluding hydrogens is 426 g/mol. The fraction of sp³-hybridized carbons (Fsp3) is 0.261. The Morgan fingerprint density at radius 1 is 1.06 bits per heavy atom. The van der Waals surface area contributed by atoms with E-state index in [4.69, 9.17) is 8.83 Å². The summed E-state index contributed by atoms with van der Waals surface area (Å²) in [4.78, 5) is 14.6. The monoisotopic (exact) mass is 451 g/mol. The molecule has 4 rings (SSSR count).